The molecule has 2 aromatic carbocycles. The maximum absolute atomic E-state index is 5.81. The molecule has 0 saturated carbocycles. The predicted octanol–water partition coefficient (Wildman–Crippen LogP) is 3.35. The zero-order chi connectivity index (χ0) is 15.2. The van der Waals surface area contributed by atoms with E-state index in [0.29, 0.717) is 6.54 Å². The van der Waals surface area contributed by atoms with Gasteiger partial charge in [0.1, 0.15) is 11.6 Å². The smallest absolute Gasteiger partial charge is 0.123 e. The Balaban J connectivity index is 1.55. The first-order chi connectivity index (χ1) is 10.9. The number of nitrogens with zero attached hydrogens (tertiary/aromatic N) is 2. The molecule has 3 aromatic rings. The number of hydrogen-bond acceptors (Lipinski definition) is 3. The Morgan fingerprint density at radius 2 is 1.73 bits per heavy atom. The van der Waals surface area contributed by atoms with Gasteiger partial charge in [0.2, 0.25) is 0 Å². The summed E-state index contributed by atoms with van der Waals surface area (Å²) in [4.78, 5) is 4.58. The third kappa shape index (κ3) is 3.28. The third-order valence-electron chi connectivity index (χ3n) is 3.70. The van der Waals surface area contributed by atoms with Crippen LogP contribution in [0.3, 0.4) is 0 Å². The molecule has 0 spiro atoms. The lowest BCUT2D eigenvalue weighted by Crippen LogP contribution is -2.09. The van der Waals surface area contributed by atoms with Crippen LogP contribution in [0.4, 0.5) is 0 Å². The molecule has 0 aliphatic rings. The first-order valence-corrected chi connectivity index (χ1v) is 7.70. The highest BCUT2D eigenvalue weighted by molar-refractivity contribution is 5.75. The molecule has 3 rings (SSSR count). The topological polar surface area (TPSA) is 53.1 Å². The van der Waals surface area contributed by atoms with Crippen molar-refractivity contribution in [2.24, 2.45) is 5.73 Å². The van der Waals surface area contributed by atoms with Gasteiger partial charge in [-0.1, -0.05) is 30.3 Å². The molecule has 0 fully saturated rings. The number of benzene rings is 2. The van der Waals surface area contributed by atoms with E-state index >= 15 is 0 Å². The van der Waals surface area contributed by atoms with E-state index in [4.69, 9.17) is 10.5 Å². The average molecular weight is 295 g/mol. The summed E-state index contributed by atoms with van der Waals surface area (Å²) < 4.78 is 7.94. The number of hydrogen-bond donors (Lipinski definition) is 1. The van der Waals surface area contributed by atoms with Gasteiger partial charge in [0.05, 0.1) is 24.2 Å². The molecule has 0 amide bonds. The number of rotatable bonds is 7. The lowest BCUT2D eigenvalue weighted by Gasteiger charge is -2.09. The Morgan fingerprint density at radius 1 is 0.955 bits per heavy atom. The summed E-state index contributed by atoms with van der Waals surface area (Å²) in [5.41, 5.74) is 7.99. The van der Waals surface area contributed by atoms with Crippen LogP contribution in [0.25, 0.3) is 11.0 Å². The molecule has 4 nitrogen and oxygen atoms in total. The van der Waals surface area contributed by atoms with E-state index in [1.54, 1.807) is 0 Å². The van der Waals surface area contributed by atoms with E-state index in [2.05, 4.69) is 15.6 Å². The van der Waals surface area contributed by atoms with E-state index in [1.807, 2.05) is 48.5 Å². The van der Waals surface area contributed by atoms with Crippen LogP contribution in [0.1, 0.15) is 18.7 Å². The largest absolute Gasteiger partial charge is 0.494 e. The molecule has 1 heterocycles. The Hall–Kier alpha value is -2.33. The first-order valence-electron chi connectivity index (χ1n) is 7.70. The second-order valence-electron chi connectivity index (χ2n) is 5.24. The van der Waals surface area contributed by atoms with E-state index in [-0.39, 0.29) is 0 Å². The van der Waals surface area contributed by atoms with Crippen molar-refractivity contribution >= 4 is 11.0 Å². The molecule has 4 heteroatoms. The third-order valence-corrected chi connectivity index (χ3v) is 3.70. The van der Waals surface area contributed by atoms with Crippen molar-refractivity contribution in [2.45, 2.75) is 25.9 Å². The molecule has 0 saturated heterocycles. The molecule has 22 heavy (non-hydrogen) atoms. The van der Waals surface area contributed by atoms with Crippen molar-refractivity contribution in [3.05, 3.63) is 60.4 Å². The van der Waals surface area contributed by atoms with Gasteiger partial charge in [0, 0.05) is 6.54 Å². The Morgan fingerprint density at radius 3 is 2.55 bits per heavy atom. The molecule has 0 aliphatic carbocycles. The molecule has 1 aromatic heterocycles. The Kier molecular flexibility index (Phi) is 4.71. The standard InChI is InChI=1S/C18H21N3O/c19-14-18-20-16-10-4-5-11-17(16)21(18)12-6-7-13-22-15-8-2-1-3-9-15/h1-5,8-11H,6-7,12-14,19H2. The van der Waals surface area contributed by atoms with Gasteiger partial charge < -0.3 is 15.0 Å². The highest BCUT2D eigenvalue weighted by Crippen LogP contribution is 2.17. The van der Waals surface area contributed by atoms with Crippen molar-refractivity contribution < 1.29 is 4.74 Å². The SMILES string of the molecule is NCc1nc2ccccc2n1CCCCOc1ccccc1. The molecule has 2 N–H and O–H groups in total. The summed E-state index contributed by atoms with van der Waals surface area (Å²) in [6, 6.07) is 18.1. The minimum absolute atomic E-state index is 0.467. The summed E-state index contributed by atoms with van der Waals surface area (Å²) in [5, 5.41) is 0. The van der Waals surface area contributed by atoms with E-state index in [1.165, 1.54) is 0 Å². The Labute approximate surface area is 130 Å². The van der Waals surface area contributed by atoms with Crippen LogP contribution in [-0.2, 0) is 13.1 Å². The van der Waals surface area contributed by atoms with Crippen molar-refractivity contribution in [1.82, 2.24) is 9.55 Å². The normalized spacial score (nSPS) is 11.0. The van der Waals surface area contributed by atoms with Gasteiger partial charge in [0.25, 0.3) is 0 Å². The van der Waals surface area contributed by atoms with Crippen molar-refractivity contribution in [3.63, 3.8) is 0 Å². The second-order valence-corrected chi connectivity index (χ2v) is 5.24. The van der Waals surface area contributed by atoms with Crippen molar-refractivity contribution in [1.29, 1.82) is 0 Å². The van der Waals surface area contributed by atoms with E-state index < -0.39 is 0 Å². The van der Waals surface area contributed by atoms with Crippen molar-refractivity contribution in [3.8, 4) is 5.75 Å². The van der Waals surface area contributed by atoms with Gasteiger partial charge in [-0.3, -0.25) is 0 Å². The fourth-order valence-corrected chi connectivity index (χ4v) is 2.61. The fourth-order valence-electron chi connectivity index (χ4n) is 2.61. The molecule has 0 unspecified atom stereocenters. The summed E-state index contributed by atoms with van der Waals surface area (Å²) >= 11 is 0. The average Bonchev–Trinajstić information content (AvgIpc) is 2.93. The first kappa shape index (κ1) is 14.6. The van der Waals surface area contributed by atoms with Gasteiger partial charge in [-0.05, 0) is 37.1 Å². The minimum atomic E-state index is 0.467. The lowest BCUT2D eigenvalue weighted by atomic mass is 10.3. The maximum Gasteiger partial charge on any atom is 0.123 e. The van der Waals surface area contributed by atoms with Crippen LogP contribution < -0.4 is 10.5 Å². The maximum atomic E-state index is 5.81. The van der Waals surface area contributed by atoms with Crippen LogP contribution in [0.15, 0.2) is 54.6 Å². The number of para-hydroxylation sites is 3. The number of ether oxygens (including phenoxy) is 1. The number of aromatic nitrogens is 2. The van der Waals surface area contributed by atoms with E-state index in [9.17, 15) is 0 Å². The van der Waals surface area contributed by atoms with Gasteiger partial charge >= 0.3 is 0 Å². The molecular formula is C18H21N3O. The number of imidazole rings is 1. The summed E-state index contributed by atoms with van der Waals surface area (Å²) in [6.07, 6.45) is 2.05. The van der Waals surface area contributed by atoms with Crippen LogP contribution in [0.2, 0.25) is 0 Å². The summed E-state index contributed by atoms with van der Waals surface area (Å²) in [5.74, 6) is 1.88. The monoisotopic (exact) mass is 295 g/mol. The van der Waals surface area contributed by atoms with Gasteiger partial charge in [-0.2, -0.15) is 0 Å². The highest BCUT2D eigenvalue weighted by Gasteiger charge is 2.08. The summed E-state index contributed by atoms with van der Waals surface area (Å²) in [6.45, 7) is 2.12. The van der Waals surface area contributed by atoms with Gasteiger partial charge in [0.15, 0.2) is 0 Å². The summed E-state index contributed by atoms with van der Waals surface area (Å²) in [7, 11) is 0. The van der Waals surface area contributed by atoms with Gasteiger partial charge in [-0.15, -0.1) is 0 Å². The van der Waals surface area contributed by atoms with Gasteiger partial charge in [-0.25, -0.2) is 4.98 Å². The predicted molar refractivity (Wildman–Crippen MR) is 88.8 cm³/mol. The van der Waals surface area contributed by atoms with Crippen molar-refractivity contribution in [2.75, 3.05) is 6.61 Å². The molecule has 0 bridgehead atoms. The molecular weight excluding hydrogens is 274 g/mol. The number of unbranched alkanes of at least 4 members (excludes halogenated alkanes) is 1. The van der Waals surface area contributed by atoms with Crippen LogP contribution in [-0.4, -0.2) is 16.2 Å². The Bertz CT molecular complexity index is 722. The zero-order valence-corrected chi connectivity index (χ0v) is 12.6. The van der Waals surface area contributed by atoms with Crippen LogP contribution in [0, 0.1) is 0 Å². The molecule has 114 valence electrons. The second kappa shape index (κ2) is 7.09. The number of fused-ring (bicyclic) bond motifs is 1. The molecule has 0 radical (unpaired) electrons. The zero-order valence-electron chi connectivity index (χ0n) is 12.6. The quantitative estimate of drug-likeness (QED) is 0.680. The van der Waals surface area contributed by atoms with Crippen LogP contribution >= 0.6 is 0 Å². The highest BCUT2D eigenvalue weighted by atomic mass is 16.5. The van der Waals surface area contributed by atoms with Crippen LogP contribution in [0.5, 0.6) is 5.75 Å². The molecule has 0 aliphatic heterocycles. The fraction of sp³-hybridized carbons (Fsp3) is 0.278. The molecule has 0 atom stereocenters. The number of nitrogens with two attached hydrogens (primary N) is 1. The minimum Gasteiger partial charge on any atom is -0.494 e. The lowest BCUT2D eigenvalue weighted by molar-refractivity contribution is 0.303. The van der Waals surface area contributed by atoms with E-state index in [0.717, 1.165) is 48.6 Å². The number of aryl methyl sites for hydroxylation is 1.